The van der Waals surface area contributed by atoms with Crippen LogP contribution >= 0.6 is 0 Å². The van der Waals surface area contributed by atoms with Crippen molar-refractivity contribution in [2.75, 3.05) is 26.2 Å². The predicted octanol–water partition coefficient (Wildman–Crippen LogP) is 2.73. The Labute approximate surface area is 168 Å². The molecule has 1 N–H and O–H groups in total. The number of nitro benzene ring substituents is 1. The summed E-state index contributed by atoms with van der Waals surface area (Å²) >= 11 is 0. The largest absolute Gasteiger partial charge is 0.342 e. The van der Waals surface area contributed by atoms with E-state index in [1.165, 1.54) is 25.0 Å². The third-order valence-corrected chi connectivity index (χ3v) is 6.01. The molecule has 0 radical (unpaired) electrons. The monoisotopic (exact) mass is 399 g/mol. The number of nitro groups is 1. The molecule has 0 bridgehead atoms. The highest BCUT2D eigenvalue weighted by atomic mass is 16.6. The molecule has 4 rings (SSSR count). The lowest BCUT2D eigenvalue weighted by molar-refractivity contribution is -0.384. The summed E-state index contributed by atoms with van der Waals surface area (Å²) in [7, 11) is 0. The highest BCUT2D eigenvalue weighted by molar-refractivity contribution is 6.05. The molecule has 2 aliphatic rings. The topological polar surface area (TPSA) is 112 Å². The van der Waals surface area contributed by atoms with Gasteiger partial charge in [0.2, 0.25) is 5.91 Å². The summed E-state index contributed by atoms with van der Waals surface area (Å²) in [5.41, 5.74) is 0.709. The molecule has 29 heavy (non-hydrogen) atoms. The van der Waals surface area contributed by atoms with Gasteiger partial charge >= 0.3 is 0 Å². The van der Waals surface area contributed by atoms with E-state index in [4.69, 9.17) is 0 Å². The van der Waals surface area contributed by atoms with Crippen LogP contribution in [0.3, 0.4) is 0 Å². The number of rotatable bonds is 3. The van der Waals surface area contributed by atoms with Crippen LogP contribution < -0.4 is 0 Å². The zero-order chi connectivity index (χ0) is 20.4. The van der Waals surface area contributed by atoms with Crippen molar-refractivity contribution in [3.8, 4) is 0 Å². The van der Waals surface area contributed by atoms with E-state index in [1.807, 2.05) is 4.90 Å². The smallest absolute Gasteiger partial charge is 0.274 e. The first-order valence-electron chi connectivity index (χ1n) is 10.2. The number of hydrogen-bond donors (Lipinski definition) is 1. The van der Waals surface area contributed by atoms with Gasteiger partial charge in [0.25, 0.3) is 11.6 Å². The van der Waals surface area contributed by atoms with Gasteiger partial charge in [-0.2, -0.15) is 5.10 Å². The fourth-order valence-electron chi connectivity index (χ4n) is 4.31. The lowest BCUT2D eigenvalue weighted by Crippen LogP contribution is -2.44. The summed E-state index contributed by atoms with van der Waals surface area (Å²) in [4.78, 5) is 40.0. The van der Waals surface area contributed by atoms with E-state index < -0.39 is 4.92 Å². The molecular weight excluding hydrogens is 374 g/mol. The van der Waals surface area contributed by atoms with Gasteiger partial charge in [0.1, 0.15) is 0 Å². The Morgan fingerprint density at radius 2 is 1.72 bits per heavy atom. The Morgan fingerprint density at radius 1 is 1.03 bits per heavy atom. The fraction of sp³-hybridized carbons (Fsp3) is 0.550. The molecule has 2 fully saturated rings. The summed E-state index contributed by atoms with van der Waals surface area (Å²) in [6, 6.07) is 4.32. The van der Waals surface area contributed by atoms with Gasteiger partial charge in [0.05, 0.1) is 10.4 Å². The number of hydrogen-bond acceptors (Lipinski definition) is 5. The molecule has 2 aromatic rings. The Kier molecular flexibility index (Phi) is 5.46. The average molecular weight is 399 g/mol. The molecule has 1 aromatic heterocycles. The van der Waals surface area contributed by atoms with Crippen LogP contribution in [0.4, 0.5) is 5.69 Å². The molecule has 3 heterocycles. The highest BCUT2D eigenvalue weighted by Crippen LogP contribution is 2.26. The minimum Gasteiger partial charge on any atom is -0.342 e. The number of aromatic nitrogens is 2. The summed E-state index contributed by atoms with van der Waals surface area (Å²) in [5, 5.41) is 18.4. The number of nitrogens with one attached hydrogen (secondary N) is 1. The number of benzene rings is 1. The normalized spacial score (nSPS) is 18.6. The van der Waals surface area contributed by atoms with Crippen LogP contribution in [-0.4, -0.2) is 62.9 Å². The van der Waals surface area contributed by atoms with Gasteiger partial charge in [-0.1, -0.05) is 12.8 Å². The SMILES string of the molecule is O=C(c1n[nH]c2ccc([N+](=O)[O-])cc12)N1CCC(C(=O)N2CCCCCC2)CC1. The van der Waals surface area contributed by atoms with E-state index in [2.05, 4.69) is 10.2 Å². The van der Waals surface area contributed by atoms with E-state index in [9.17, 15) is 19.7 Å². The molecule has 1 aromatic carbocycles. The Morgan fingerprint density at radius 3 is 2.38 bits per heavy atom. The average Bonchev–Trinajstić information content (AvgIpc) is 2.97. The number of likely N-dealkylation sites (tertiary alicyclic amines) is 2. The number of fused-ring (bicyclic) bond motifs is 1. The number of amides is 2. The van der Waals surface area contributed by atoms with Crippen LogP contribution in [0.2, 0.25) is 0 Å². The number of H-pyrrole nitrogens is 1. The second-order valence-electron chi connectivity index (χ2n) is 7.87. The van der Waals surface area contributed by atoms with Gasteiger partial charge in [-0.05, 0) is 31.7 Å². The maximum absolute atomic E-state index is 13.0. The molecule has 0 atom stereocenters. The highest BCUT2D eigenvalue weighted by Gasteiger charge is 2.32. The minimum absolute atomic E-state index is 0.0332. The molecule has 0 unspecified atom stereocenters. The van der Waals surface area contributed by atoms with Gasteiger partial charge in [0.15, 0.2) is 5.69 Å². The van der Waals surface area contributed by atoms with Crippen molar-refractivity contribution in [1.82, 2.24) is 20.0 Å². The first kappa shape index (κ1) is 19.4. The summed E-state index contributed by atoms with van der Waals surface area (Å²) < 4.78 is 0. The van der Waals surface area contributed by atoms with Crippen LogP contribution in [-0.2, 0) is 4.79 Å². The number of carbonyl (C=O) groups excluding carboxylic acids is 2. The minimum atomic E-state index is -0.485. The number of piperidine rings is 1. The van der Waals surface area contributed by atoms with Gasteiger partial charge in [-0.3, -0.25) is 24.8 Å². The Hall–Kier alpha value is -2.97. The van der Waals surface area contributed by atoms with E-state index in [1.54, 1.807) is 11.0 Å². The quantitative estimate of drug-likeness (QED) is 0.630. The van der Waals surface area contributed by atoms with E-state index in [0.717, 1.165) is 25.9 Å². The maximum Gasteiger partial charge on any atom is 0.274 e. The third-order valence-electron chi connectivity index (χ3n) is 6.01. The van der Waals surface area contributed by atoms with Crippen molar-refractivity contribution in [2.24, 2.45) is 5.92 Å². The Bertz CT molecular complexity index is 924. The number of carbonyl (C=O) groups is 2. The molecule has 2 amide bonds. The van der Waals surface area contributed by atoms with Crippen LogP contribution in [0.15, 0.2) is 18.2 Å². The van der Waals surface area contributed by atoms with Crippen LogP contribution in [0.1, 0.15) is 49.0 Å². The van der Waals surface area contributed by atoms with Crippen molar-refractivity contribution in [3.05, 3.63) is 34.0 Å². The molecule has 9 nitrogen and oxygen atoms in total. The van der Waals surface area contributed by atoms with E-state index in [0.29, 0.717) is 36.8 Å². The van der Waals surface area contributed by atoms with Gasteiger partial charge in [-0.15, -0.1) is 0 Å². The van der Waals surface area contributed by atoms with Crippen molar-refractivity contribution in [3.63, 3.8) is 0 Å². The first-order valence-corrected chi connectivity index (χ1v) is 10.2. The lowest BCUT2D eigenvalue weighted by Gasteiger charge is -2.33. The summed E-state index contributed by atoms with van der Waals surface area (Å²) in [5.74, 6) is -0.0635. The van der Waals surface area contributed by atoms with Crippen LogP contribution in [0.25, 0.3) is 10.9 Å². The van der Waals surface area contributed by atoms with Crippen LogP contribution in [0.5, 0.6) is 0 Å². The number of non-ortho nitro benzene ring substituents is 1. The summed E-state index contributed by atoms with van der Waals surface area (Å²) in [6.45, 7) is 2.67. The van der Waals surface area contributed by atoms with E-state index in [-0.39, 0.29) is 29.1 Å². The van der Waals surface area contributed by atoms with Gasteiger partial charge in [-0.25, -0.2) is 0 Å². The first-order chi connectivity index (χ1) is 14.0. The standard InChI is InChI=1S/C20H25N5O4/c26-19(23-9-3-1-2-4-10-23)14-7-11-24(12-8-14)20(27)18-16-13-15(25(28)29)5-6-17(16)21-22-18/h5-6,13-14H,1-4,7-12H2,(H,21,22). The molecular formula is C20H25N5O4. The molecule has 0 spiro atoms. The molecule has 2 saturated heterocycles. The van der Waals surface area contributed by atoms with Crippen molar-refractivity contribution in [2.45, 2.75) is 38.5 Å². The molecule has 9 heteroatoms. The van der Waals surface area contributed by atoms with E-state index >= 15 is 0 Å². The predicted molar refractivity (Wildman–Crippen MR) is 106 cm³/mol. The number of aromatic amines is 1. The summed E-state index contributed by atoms with van der Waals surface area (Å²) in [6.07, 6.45) is 5.80. The van der Waals surface area contributed by atoms with Crippen molar-refractivity contribution >= 4 is 28.4 Å². The van der Waals surface area contributed by atoms with Crippen molar-refractivity contribution < 1.29 is 14.5 Å². The van der Waals surface area contributed by atoms with Crippen LogP contribution in [0, 0.1) is 16.0 Å². The van der Waals surface area contributed by atoms with Gasteiger partial charge in [0, 0.05) is 49.6 Å². The lowest BCUT2D eigenvalue weighted by atomic mass is 9.94. The molecule has 0 aliphatic carbocycles. The molecule has 154 valence electrons. The molecule has 0 saturated carbocycles. The zero-order valence-electron chi connectivity index (χ0n) is 16.3. The van der Waals surface area contributed by atoms with Gasteiger partial charge < -0.3 is 9.80 Å². The third kappa shape index (κ3) is 3.94. The zero-order valence-corrected chi connectivity index (χ0v) is 16.3. The second kappa shape index (κ2) is 8.18. The Balaban J connectivity index is 1.42. The fourth-order valence-corrected chi connectivity index (χ4v) is 4.31. The van der Waals surface area contributed by atoms with Crippen molar-refractivity contribution in [1.29, 1.82) is 0 Å². The molecule has 2 aliphatic heterocycles. The second-order valence-corrected chi connectivity index (χ2v) is 7.87. The number of nitrogens with zero attached hydrogens (tertiary/aromatic N) is 4. The maximum atomic E-state index is 13.0.